The van der Waals surface area contributed by atoms with Crippen LogP contribution in [0.2, 0.25) is 0 Å². The van der Waals surface area contributed by atoms with Crippen molar-refractivity contribution in [2.45, 2.75) is 13.3 Å². The first kappa shape index (κ1) is 12.2. The standard InChI is InChI=1S/C16H14BO4/c1-3-11-8-9-13-15(10-11)20-17(18-13)19-14-7-5-6-12(4-2)16(14)21-17/h3,5-10H,1,4H2,2H3/q-1. The van der Waals surface area contributed by atoms with E-state index in [2.05, 4.69) is 13.5 Å². The Bertz CT molecular complexity index is 743. The molecular weight excluding hydrogens is 267 g/mol. The highest BCUT2D eigenvalue weighted by molar-refractivity contribution is 6.59. The zero-order valence-electron chi connectivity index (χ0n) is 11.7. The van der Waals surface area contributed by atoms with Crippen LogP contribution in [0.4, 0.5) is 0 Å². The molecular formula is C16H14BO4-. The van der Waals surface area contributed by atoms with Crippen LogP contribution < -0.4 is 18.6 Å². The average Bonchev–Trinajstić information content (AvgIpc) is 3.04. The number of para-hydroxylation sites is 1. The molecule has 4 nitrogen and oxygen atoms in total. The molecule has 0 aliphatic carbocycles. The summed E-state index contributed by atoms with van der Waals surface area (Å²) in [4.78, 5) is 0. The summed E-state index contributed by atoms with van der Waals surface area (Å²) in [5.41, 5.74) is 2.02. The predicted octanol–water partition coefficient (Wildman–Crippen LogP) is 3.57. The minimum atomic E-state index is -2.29. The molecule has 0 bridgehead atoms. The summed E-state index contributed by atoms with van der Waals surface area (Å²) in [6, 6.07) is 11.4. The van der Waals surface area contributed by atoms with Crippen LogP contribution in [-0.4, -0.2) is 6.96 Å². The van der Waals surface area contributed by atoms with Gasteiger partial charge in [0, 0.05) is 0 Å². The highest BCUT2D eigenvalue weighted by Gasteiger charge is 2.52. The highest BCUT2D eigenvalue weighted by atomic mass is 16.9. The number of benzene rings is 2. The van der Waals surface area contributed by atoms with Crippen molar-refractivity contribution in [2.24, 2.45) is 0 Å². The monoisotopic (exact) mass is 281 g/mol. The lowest BCUT2D eigenvalue weighted by atomic mass is 10.1. The Morgan fingerprint density at radius 2 is 1.81 bits per heavy atom. The van der Waals surface area contributed by atoms with Crippen molar-refractivity contribution in [1.29, 1.82) is 0 Å². The molecule has 5 heteroatoms. The van der Waals surface area contributed by atoms with E-state index in [0.29, 0.717) is 23.0 Å². The van der Waals surface area contributed by atoms with E-state index in [0.717, 1.165) is 17.5 Å². The SMILES string of the molecule is C=Cc1ccc2c(c1)O[B-]1(O2)Oc2cccc(CC)c2O1. The summed E-state index contributed by atoms with van der Waals surface area (Å²) in [6.07, 6.45) is 2.61. The highest BCUT2D eigenvalue weighted by Crippen LogP contribution is 2.46. The van der Waals surface area contributed by atoms with Gasteiger partial charge in [0.25, 0.3) is 0 Å². The molecule has 0 fully saturated rings. The Balaban J connectivity index is 1.69. The molecule has 2 heterocycles. The summed E-state index contributed by atoms with van der Waals surface area (Å²) < 4.78 is 23.4. The number of hydrogen-bond acceptors (Lipinski definition) is 4. The first-order chi connectivity index (χ1) is 10.2. The van der Waals surface area contributed by atoms with Crippen LogP contribution in [0.5, 0.6) is 23.0 Å². The van der Waals surface area contributed by atoms with E-state index in [1.54, 1.807) is 6.08 Å². The lowest BCUT2D eigenvalue weighted by molar-refractivity contribution is 0.224. The molecule has 2 aromatic rings. The minimum absolute atomic E-state index is 0.609. The van der Waals surface area contributed by atoms with Crippen LogP contribution in [0.15, 0.2) is 43.0 Å². The maximum Gasteiger partial charge on any atom is 0.777 e. The van der Waals surface area contributed by atoms with Gasteiger partial charge in [0.2, 0.25) is 0 Å². The van der Waals surface area contributed by atoms with Gasteiger partial charge in [0.05, 0.1) is 0 Å². The zero-order chi connectivity index (χ0) is 14.4. The molecule has 1 unspecified atom stereocenters. The fourth-order valence-electron chi connectivity index (χ4n) is 2.66. The van der Waals surface area contributed by atoms with E-state index in [-0.39, 0.29) is 0 Å². The van der Waals surface area contributed by atoms with E-state index in [1.807, 2.05) is 36.4 Å². The third kappa shape index (κ3) is 1.77. The molecule has 0 amide bonds. The maximum absolute atomic E-state index is 5.90. The Kier molecular flexibility index (Phi) is 2.45. The van der Waals surface area contributed by atoms with Crippen molar-refractivity contribution in [3.05, 3.63) is 54.1 Å². The summed E-state index contributed by atoms with van der Waals surface area (Å²) >= 11 is 0. The number of fused-ring (bicyclic) bond motifs is 2. The summed E-state index contributed by atoms with van der Waals surface area (Å²) in [5.74, 6) is 2.59. The first-order valence-electron chi connectivity index (χ1n) is 7.00. The number of aryl methyl sites for hydroxylation is 1. The second-order valence-electron chi connectivity index (χ2n) is 5.06. The molecule has 0 saturated carbocycles. The van der Waals surface area contributed by atoms with E-state index in [9.17, 15) is 0 Å². The molecule has 0 aromatic heterocycles. The van der Waals surface area contributed by atoms with Crippen molar-refractivity contribution in [2.75, 3.05) is 0 Å². The average molecular weight is 281 g/mol. The smallest absolute Gasteiger partial charge is 0.609 e. The van der Waals surface area contributed by atoms with E-state index >= 15 is 0 Å². The molecule has 1 spiro atoms. The lowest BCUT2D eigenvalue weighted by Gasteiger charge is -2.27. The van der Waals surface area contributed by atoms with Crippen molar-refractivity contribution in [3.63, 3.8) is 0 Å². The maximum atomic E-state index is 5.90. The zero-order valence-corrected chi connectivity index (χ0v) is 11.7. The van der Waals surface area contributed by atoms with Gasteiger partial charge in [-0.1, -0.05) is 37.8 Å². The fourth-order valence-corrected chi connectivity index (χ4v) is 2.66. The Labute approximate surface area is 122 Å². The number of hydrogen-bond donors (Lipinski definition) is 0. The van der Waals surface area contributed by atoms with Gasteiger partial charge >= 0.3 is 6.96 Å². The van der Waals surface area contributed by atoms with Gasteiger partial charge in [-0.3, -0.25) is 0 Å². The first-order valence-corrected chi connectivity index (χ1v) is 7.00. The lowest BCUT2D eigenvalue weighted by Crippen LogP contribution is -2.54. The van der Waals surface area contributed by atoms with Crippen molar-refractivity contribution < 1.29 is 18.6 Å². The van der Waals surface area contributed by atoms with Crippen LogP contribution in [-0.2, 0) is 6.42 Å². The summed E-state index contributed by atoms with van der Waals surface area (Å²) in [6.45, 7) is 3.53. The van der Waals surface area contributed by atoms with Crippen LogP contribution in [0, 0.1) is 0 Å². The van der Waals surface area contributed by atoms with E-state index < -0.39 is 6.96 Å². The largest absolute Gasteiger partial charge is 0.777 e. The van der Waals surface area contributed by atoms with E-state index in [1.165, 1.54) is 0 Å². The third-order valence-corrected chi connectivity index (χ3v) is 3.72. The van der Waals surface area contributed by atoms with Gasteiger partial charge in [-0.2, -0.15) is 0 Å². The van der Waals surface area contributed by atoms with Crippen LogP contribution >= 0.6 is 0 Å². The molecule has 0 N–H and O–H groups in total. The summed E-state index contributed by atoms with van der Waals surface area (Å²) in [5, 5.41) is 0. The van der Waals surface area contributed by atoms with Crippen molar-refractivity contribution in [1.82, 2.24) is 0 Å². The van der Waals surface area contributed by atoms with Gasteiger partial charge in [0.15, 0.2) is 0 Å². The Hall–Kier alpha value is -2.56. The molecule has 0 saturated heterocycles. The van der Waals surface area contributed by atoms with Gasteiger partial charge in [0.1, 0.15) is 23.0 Å². The van der Waals surface area contributed by atoms with Gasteiger partial charge in [-0.05, 0) is 35.7 Å². The third-order valence-electron chi connectivity index (χ3n) is 3.72. The molecule has 2 aromatic carbocycles. The van der Waals surface area contributed by atoms with E-state index in [4.69, 9.17) is 18.6 Å². The fraction of sp³-hybridized carbons (Fsp3) is 0.125. The van der Waals surface area contributed by atoms with Crippen LogP contribution in [0.3, 0.4) is 0 Å². The van der Waals surface area contributed by atoms with Gasteiger partial charge < -0.3 is 18.6 Å². The van der Waals surface area contributed by atoms with Gasteiger partial charge in [-0.25, -0.2) is 0 Å². The normalized spacial score (nSPS) is 20.8. The molecule has 2 aliphatic heterocycles. The minimum Gasteiger partial charge on any atom is -0.609 e. The molecule has 106 valence electrons. The number of rotatable bonds is 2. The Morgan fingerprint density at radius 3 is 2.62 bits per heavy atom. The summed E-state index contributed by atoms with van der Waals surface area (Å²) in [7, 11) is 0. The molecule has 4 rings (SSSR count). The Morgan fingerprint density at radius 1 is 1.00 bits per heavy atom. The predicted molar refractivity (Wildman–Crippen MR) is 80.6 cm³/mol. The quantitative estimate of drug-likeness (QED) is 0.788. The topological polar surface area (TPSA) is 36.9 Å². The second-order valence-corrected chi connectivity index (χ2v) is 5.06. The molecule has 0 radical (unpaired) electrons. The van der Waals surface area contributed by atoms with Crippen molar-refractivity contribution in [3.8, 4) is 23.0 Å². The van der Waals surface area contributed by atoms with Crippen LogP contribution in [0.25, 0.3) is 6.08 Å². The van der Waals surface area contributed by atoms with Crippen molar-refractivity contribution >= 4 is 13.0 Å². The second kappa shape index (κ2) is 4.22. The molecule has 2 aliphatic rings. The molecule has 21 heavy (non-hydrogen) atoms. The van der Waals surface area contributed by atoms with Crippen LogP contribution in [0.1, 0.15) is 18.1 Å². The van der Waals surface area contributed by atoms with Gasteiger partial charge in [-0.15, -0.1) is 0 Å². The molecule has 1 atom stereocenters.